The van der Waals surface area contributed by atoms with Crippen molar-refractivity contribution in [2.24, 2.45) is 0 Å². The van der Waals surface area contributed by atoms with Crippen molar-refractivity contribution in [3.05, 3.63) is 55.9 Å². The number of nitro benzene ring substituents is 1. The molecule has 1 amide bonds. The second kappa shape index (κ2) is 6.20. The molecule has 1 heterocycles. The van der Waals surface area contributed by atoms with E-state index in [9.17, 15) is 34.7 Å². The lowest BCUT2D eigenvalue weighted by Gasteiger charge is -2.09. The van der Waals surface area contributed by atoms with E-state index in [1.54, 1.807) is 0 Å². The van der Waals surface area contributed by atoms with Crippen LogP contribution in [0.4, 0.5) is 11.4 Å². The number of nitrogens with one attached hydrogen (secondary N) is 1. The number of non-ortho nitro benzene ring substituents is 1. The Balaban J connectivity index is 2.40. The van der Waals surface area contributed by atoms with Gasteiger partial charge in [-0.2, -0.15) is 0 Å². The number of hydrogen-bond acceptors (Lipinski definition) is 8. The summed E-state index contributed by atoms with van der Waals surface area (Å²) >= 11 is 0. The Morgan fingerprint density at radius 1 is 1.17 bits per heavy atom. The minimum atomic E-state index is -1.29. The second-order valence-electron chi connectivity index (χ2n) is 4.61. The first-order valence-electron chi connectivity index (χ1n) is 6.38. The van der Waals surface area contributed by atoms with Crippen LogP contribution in [0, 0.1) is 10.1 Å². The maximum absolute atomic E-state index is 12.1. The van der Waals surface area contributed by atoms with Gasteiger partial charge in [-0.15, -0.1) is 0 Å². The van der Waals surface area contributed by atoms with E-state index in [-0.39, 0.29) is 11.4 Å². The highest BCUT2D eigenvalue weighted by Crippen LogP contribution is 2.29. The summed E-state index contributed by atoms with van der Waals surface area (Å²) in [6.45, 7) is 0.973. The van der Waals surface area contributed by atoms with Crippen molar-refractivity contribution in [1.82, 2.24) is 0 Å². The predicted octanol–water partition coefficient (Wildman–Crippen LogP) is 1.41. The van der Waals surface area contributed by atoms with E-state index in [2.05, 4.69) is 9.73 Å². The molecule has 0 radical (unpaired) electrons. The Hall–Kier alpha value is -3.69. The van der Waals surface area contributed by atoms with E-state index in [4.69, 9.17) is 0 Å². The zero-order chi connectivity index (χ0) is 18.0. The van der Waals surface area contributed by atoms with Crippen molar-refractivity contribution in [2.45, 2.75) is 6.92 Å². The van der Waals surface area contributed by atoms with Crippen molar-refractivity contribution < 1.29 is 29.1 Å². The summed E-state index contributed by atoms with van der Waals surface area (Å²) in [5, 5.41) is 32.2. The van der Waals surface area contributed by atoms with Crippen molar-refractivity contribution in [1.29, 1.82) is 0 Å². The number of aromatic hydroxyl groups is 2. The Morgan fingerprint density at radius 2 is 1.75 bits per heavy atom. The molecule has 0 spiro atoms. The quantitative estimate of drug-likeness (QED) is 0.429. The molecule has 10 nitrogen and oxygen atoms in total. The second-order valence-corrected chi connectivity index (χ2v) is 4.61. The van der Waals surface area contributed by atoms with Crippen molar-refractivity contribution >= 4 is 23.1 Å². The summed E-state index contributed by atoms with van der Waals surface area (Å²) in [4.78, 5) is 44.8. The highest BCUT2D eigenvalue weighted by molar-refractivity contribution is 6.10. The molecule has 0 saturated carbocycles. The van der Waals surface area contributed by atoms with Crippen molar-refractivity contribution in [3.8, 4) is 11.7 Å². The number of hydrogen-bond donors (Lipinski definition) is 3. The first kappa shape index (κ1) is 16.7. The predicted molar refractivity (Wildman–Crippen MR) is 79.4 cm³/mol. The van der Waals surface area contributed by atoms with Crippen LogP contribution in [-0.2, 0) is 0 Å². The minimum Gasteiger partial charge on any atom is -0.506 e. The fraction of sp³-hybridized carbons (Fsp3) is 0.0714. The number of Topliss-reactive ketones (excluding diaryl/α,β-unsaturated/α-hetero) is 1. The maximum atomic E-state index is 12.1. The normalized spacial score (nSPS) is 10.2. The third-order valence-corrected chi connectivity index (χ3v) is 3.00. The van der Waals surface area contributed by atoms with Crippen molar-refractivity contribution in [2.75, 3.05) is 5.32 Å². The van der Waals surface area contributed by atoms with Crippen LogP contribution in [0.15, 0.2) is 33.5 Å². The molecule has 10 heteroatoms. The average molecular weight is 334 g/mol. The van der Waals surface area contributed by atoms with Crippen LogP contribution >= 0.6 is 0 Å². The van der Waals surface area contributed by atoms with Gasteiger partial charge >= 0.3 is 11.6 Å². The standard InChI is InChI=1S/C14H10N2O8/c1-6(17)9-11(18)10(14(21)24-13(9)20)12(19)15-7-2-4-8(5-3-7)16(22)23/h2-5,18,21H,1H3,(H,15,19). The molecule has 0 aliphatic carbocycles. The molecule has 0 aliphatic heterocycles. The average Bonchev–Trinajstić information content (AvgIpc) is 2.46. The van der Waals surface area contributed by atoms with Crippen LogP contribution in [0.3, 0.4) is 0 Å². The molecule has 1 aromatic heterocycles. The van der Waals surface area contributed by atoms with E-state index in [1.807, 2.05) is 0 Å². The van der Waals surface area contributed by atoms with Gasteiger partial charge in [-0.3, -0.25) is 19.7 Å². The van der Waals surface area contributed by atoms with Gasteiger partial charge in [0.1, 0.15) is 5.56 Å². The zero-order valence-corrected chi connectivity index (χ0v) is 12.1. The van der Waals surface area contributed by atoms with E-state index in [0.717, 1.165) is 19.1 Å². The molecule has 2 aromatic rings. The van der Waals surface area contributed by atoms with Crippen LogP contribution in [0.1, 0.15) is 27.6 Å². The summed E-state index contributed by atoms with van der Waals surface area (Å²) in [5.74, 6) is -4.12. The molecule has 0 atom stereocenters. The third kappa shape index (κ3) is 3.06. The molecule has 124 valence electrons. The summed E-state index contributed by atoms with van der Waals surface area (Å²) in [7, 11) is 0. The Bertz CT molecular complexity index is 898. The molecule has 0 saturated heterocycles. The topological polar surface area (TPSA) is 160 Å². The van der Waals surface area contributed by atoms with Gasteiger partial charge in [0.05, 0.1) is 4.92 Å². The molecule has 1 aromatic carbocycles. The zero-order valence-electron chi connectivity index (χ0n) is 12.1. The van der Waals surface area contributed by atoms with E-state index in [1.165, 1.54) is 12.1 Å². The van der Waals surface area contributed by atoms with Gasteiger partial charge in [-0.25, -0.2) is 4.79 Å². The Morgan fingerprint density at radius 3 is 2.25 bits per heavy atom. The minimum absolute atomic E-state index is 0.111. The number of carbonyl (C=O) groups excluding carboxylic acids is 2. The van der Waals surface area contributed by atoms with Crippen LogP contribution < -0.4 is 10.9 Å². The fourth-order valence-corrected chi connectivity index (χ4v) is 1.89. The van der Waals surface area contributed by atoms with Gasteiger partial charge in [-0.05, 0) is 19.1 Å². The number of rotatable bonds is 4. The van der Waals surface area contributed by atoms with Crippen LogP contribution in [0.2, 0.25) is 0 Å². The summed E-state index contributed by atoms with van der Waals surface area (Å²) in [6, 6.07) is 4.69. The first-order valence-corrected chi connectivity index (χ1v) is 6.38. The highest BCUT2D eigenvalue weighted by atomic mass is 16.6. The number of benzene rings is 1. The molecule has 0 fully saturated rings. The number of amides is 1. The monoisotopic (exact) mass is 334 g/mol. The number of nitro groups is 1. The van der Waals surface area contributed by atoms with Gasteiger partial charge in [0, 0.05) is 17.8 Å². The number of anilines is 1. The summed E-state index contributed by atoms with van der Waals surface area (Å²) in [5.41, 5.74) is -2.97. The fourth-order valence-electron chi connectivity index (χ4n) is 1.89. The van der Waals surface area contributed by atoms with Gasteiger partial charge in [0.25, 0.3) is 11.6 Å². The van der Waals surface area contributed by atoms with E-state index in [0.29, 0.717) is 0 Å². The molecule has 3 N–H and O–H groups in total. The Kier molecular flexibility index (Phi) is 4.31. The van der Waals surface area contributed by atoms with Gasteiger partial charge in [0.2, 0.25) is 0 Å². The summed E-state index contributed by atoms with van der Waals surface area (Å²) in [6.07, 6.45) is 0. The number of nitrogens with zero attached hydrogens (tertiary/aromatic N) is 1. The summed E-state index contributed by atoms with van der Waals surface area (Å²) < 4.78 is 4.36. The van der Waals surface area contributed by atoms with Gasteiger partial charge in [0.15, 0.2) is 17.1 Å². The van der Waals surface area contributed by atoms with E-state index < -0.39 is 45.1 Å². The number of ketones is 1. The first-order chi connectivity index (χ1) is 11.2. The van der Waals surface area contributed by atoms with Crippen LogP contribution in [-0.4, -0.2) is 26.8 Å². The molecular weight excluding hydrogens is 324 g/mol. The lowest BCUT2D eigenvalue weighted by Crippen LogP contribution is -2.18. The van der Waals surface area contributed by atoms with Crippen molar-refractivity contribution in [3.63, 3.8) is 0 Å². The molecular formula is C14H10N2O8. The lowest BCUT2D eigenvalue weighted by molar-refractivity contribution is -0.384. The number of carbonyl (C=O) groups is 2. The molecule has 0 unspecified atom stereocenters. The highest BCUT2D eigenvalue weighted by Gasteiger charge is 2.27. The molecule has 2 rings (SSSR count). The SMILES string of the molecule is CC(=O)c1c(O)c(C(=O)Nc2ccc([N+](=O)[O-])cc2)c(O)oc1=O. The molecule has 24 heavy (non-hydrogen) atoms. The van der Waals surface area contributed by atoms with Gasteiger partial charge < -0.3 is 19.9 Å². The van der Waals surface area contributed by atoms with Gasteiger partial charge in [-0.1, -0.05) is 0 Å². The Labute approximate surface area is 133 Å². The molecule has 0 aliphatic rings. The molecule has 0 bridgehead atoms. The van der Waals surface area contributed by atoms with E-state index >= 15 is 0 Å². The lowest BCUT2D eigenvalue weighted by atomic mass is 10.1. The smallest absolute Gasteiger partial charge is 0.353 e. The maximum Gasteiger partial charge on any atom is 0.353 e. The van der Waals surface area contributed by atoms with Crippen LogP contribution in [0.25, 0.3) is 0 Å². The van der Waals surface area contributed by atoms with Crippen LogP contribution in [0.5, 0.6) is 11.7 Å². The largest absolute Gasteiger partial charge is 0.506 e. The third-order valence-electron chi connectivity index (χ3n) is 3.00.